The molecule has 1 aliphatic carbocycles. The van der Waals surface area contributed by atoms with Gasteiger partial charge < -0.3 is 10.6 Å². The number of halogens is 1. The molecule has 2 rings (SSSR count). The van der Waals surface area contributed by atoms with Crippen LogP contribution >= 0.6 is 22.9 Å². The first-order valence-electron chi connectivity index (χ1n) is 4.88. The summed E-state index contributed by atoms with van der Waals surface area (Å²) < 4.78 is 0.853. The lowest BCUT2D eigenvalue weighted by atomic mass is 10.1. The van der Waals surface area contributed by atoms with Crippen LogP contribution in [-0.2, 0) is 0 Å². The van der Waals surface area contributed by atoms with Gasteiger partial charge in [-0.1, -0.05) is 11.6 Å². The standard InChI is InChI=1S/C10H15ClN2S/c1-12-6-10(4-5-10)7-13-9-3-2-8(11)14-9/h2-3,12-13H,4-7H2,1H3. The molecule has 1 saturated carbocycles. The fourth-order valence-electron chi connectivity index (χ4n) is 1.65. The van der Waals surface area contributed by atoms with Gasteiger partial charge in [0.25, 0.3) is 0 Å². The average molecular weight is 231 g/mol. The van der Waals surface area contributed by atoms with E-state index in [1.54, 1.807) is 11.3 Å². The summed E-state index contributed by atoms with van der Waals surface area (Å²) in [6, 6.07) is 3.98. The fraction of sp³-hybridized carbons (Fsp3) is 0.600. The minimum atomic E-state index is 0.505. The van der Waals surface area contributed by atoms with Gasteiger partial charge in [-0.2, -0.15) is 0 Å². The number of anilines is 1. The summed E-state index contributed by atoms with van der Waals surface area (Å²) in [7, 11) is 2.02. The third kappa shape index (κ3) is 2.41. The summed E-state index contributed by atoms with van der Waals surface area (Å²) in [5, 5.41) is 7.87. The van der Waals surface area contributed by atoms with E-state index in [0.717, 1.165) is 17.4 Å². The van der Waals surface area contributed by atoms with Crippen LogP contribution in [0.15, 0.2) is 12.1 Å². The molecule has 0 aliphatic heterocycles. The quantitative estimate of drug-likeness (QED) is 0.813. The Labute approximate surface area is 93.7 Å². The molecule has 78 valence electrons. The second-order valence-electron chi connectivity index (χ2n) is 3.99. The Hall–Kier alpha value is -0.250. The predicted octanol–water partition coefficient (Wildman–Crippen LogP) is 2.81. The van der Waals surface area contributed by atoms with Crippen LogP contribution in [0.4, 0.5) is 5.00 Å². The van der Waals surface area contributed by atoms with Crippen LogP contribution in [0.5, 0.6) is 0 Å². The van der Waals surface area contributed by atoms with E-state index in [1.807, 2.05) is 19.2 Å². The van der Waals surface area contributed by atoms with Crippen LogP contribution < -0.4 is 10.6 Å². The molecule has 0 atom stereocenters. The monoisotopic (exact) mass is 230 g/mol. The number of nitrogens with one attached hydrogen (secondary N) is 2. The average Bonchev–Trinajstić information content (AvgIpc) is 2.80. The van der Waals surface area contributed by atoms with Gasteiger partial charge in [0.05, 0.1) is 9.34 Å². The lowest BCUT2D eigenvalue weighted by molar-refractivity contribution is 0.507. The van der Waals surface area contributed by atoms with Gasteiger partial charge in [-0.05, 0) is 32.0 Å². The Balaban J connectivity index is 1.82. The van der Waals surface area contributed by atoms with Crippen molar-refractivity contribution in [2.24, 2.45) is 5.41 Å². The summed E-state index contributed by atoms with van der Waals surface area (Å²) in [5.74, 6) is 0. The second kappa shape index (κ2) is 4.09. The maximum Gasteiger partial charge on any atom is 0.0950 e. The Morgan fingerprint density at radius 2 is 2.21 bits per heavy atom. The van der Waals surface area contributed by atoms with Crippen molar-refractivity contribution >= 4 is 27.9 Å². The van der Waals surface area contributed by atoms with Crippen LogP contribution in [0.2, 0.25) is 4.34 Å². The first kappa shape index (κ1) is 10.3. The van der Waals surface area contributed by atoms with Crippen molar-refractivity contribution in [1.29, 1.82) is 0 Å². The van der Waals surface area contributed by atoms with E-state index in [-0.39, 0.29) is 0 Å². The summed E-state index contributed by atoms with van der Waals surface area (Å²) in [4.78, 5) is 0. The molecule has 0 saturated heterocycles. The summed E-state index contributed by atoms with van der Waals surface area (Å²) in [5.41, 5.74) is 0.505. The van der Waals surface area contributed by atoms with Gasteiger partial charge in [-0.3, -0.25) is 0 Å². The van der Waals surface area contributed by atoms with Crippen molar-refractivity contribution in [2.45, 2.75) is 12.8 Å². The van der Waals surface area contributed by atoms with Gasteiger partial charge in [0.2, 0.25) is 0 Å². The third-order valence-electron chi connectivity index (χ3n) is 2.72. The molecule has 0 unspecified atom stereocenters. The molecule has 0 spiro atoms. The van der Waals surface area contributed by atoms with Crippen LogP contribution in [0.3, 0.4) is 0 Å². The number of hydrogen-bond acceptors (Lipinski definition) is 3. The van der Waals surface area contributed by atoms with E-state index < -0.39 is 0 Å². The molecule has 14 heavy (non-hydrogen) atoms. The highest BCUT2D eigenvalue weighted by molar-refractivity contribution is 7.19. The van der Waals surface area contributed by atoms with Crippen molar-refractivity contribution < 1.29 is 0 Å². The zero-order valence-electron chi connectivity index (χ0n) is 8.27. The van der Waals surface area contributed by atoms with Crippen molar-refractivity contribution in [1.82, 2.24) is 5.32 Å². The Morgan fingerprint density at radius 3 is 2.71 bits per heavy atom. The highest BCUT2D eigenvalue weighted by Crippen LogP contribution is 2.45. The summed E-state index contributed by atoms with van der Waals surface area (Å²) >= 11 is 7.46. The van der Waals surface area contributed by atoms with Gasteiger partial charge in [0.1, 0.15) is 0 Å². The van der Waals surface area contributed by atoms with Crippen LogP contribution in [0, 0.1) is 5.41 Å². The van der Waals surface area contributed by atoms with E-state index in [2.05, 4.69) is 10.6 Å². The smallest absolute Gasteiger partial charge is 0.0950 e. The van der Waals surface area contributed by atoms with Crippen molar-refractivity contribution in [3.8, 4) is 0 Å². The third-order valence-corrected chi connectivity index (χ3v) is 3.91. The molecule has 0 radical (unpaired) electrons. The molecule has 2 N–H and O–H groups in total. The first-order chi connectivity index (χ1) is 6.74. The molecule has 0 bridgehead atoms. The van der Waals surface area contributed by atoms with E-state index in [9.17, 15) is 0 Å². The molecule has 0 aromatic carbocycles. The second-order valence-corrected chi connectivity index (χ2v) is 5.70. The van der Waals surface area contributed by atoms with Crippen molar-refractivity contribution in [2.75, 3.05) is 25.5 Å². The van der Waals surface area contributed by atoms with E-state index >= 15 is 0 Å². The van der Waals surface area contributed by atoms with Crippen molar-refractivity contribution in [3.63, 3.8) is 0 Å². The predicted molar refractivity (Wildman–Crippen MR) is 63.4 cm³/mol. The highest BCUT2D eigenvalue weighted by Gasteiger charge is 2.41. The van der Waals surface area contributed by atoms with E-state index in [1.165, 1.54) is 17.8 Å². The Bertz CT molecular complexity index is 307. The molecule has 1 fully saturated rings. The zero-order chi connectivity index (χ0) is 10.0. The van der Waals surface area contributed by atoms with Crippen LogP contribution in [-0.4, -0.2) is 20.1 Å². The topological polar surface area (TPSA) is 24.1 Å². The molecule has 4 heteroatoms. The SMILES string of the molecule is CNCC1(CNc2ccc(Cl)s2)CC1. The van der Waals surface area contributed by atoms with Gasteiger partial charge >= 0.3 is 0 Å². The summed E-state index contributed by atoms with van der Waals surface area (Å²) in [6.07, 6.45) is 2.67. The Morgan fingerprint density at radius 1 is 1.43 bits per heavy atom. The largest absolute Gasteiger partial charge is 0.376 e. The number of hydrogen-bond donors (Lipinski definition) is 2. The van der Waals surface area contributed by atoms with Gasteiger partial charge in [-0.25, -0.2) is 0 Å². The van der Waals surface area contributed by atoms with Gasteiger partial charge in [0, 0.05) is 18.5 Å². The van der Waals surface area contributed by atoms with Crippen LogP contribution in [0.1, 0.15) is 12.8 Å². The fourth-order valence-corrected chi connectivity index (χ4v) is 2.59. The maximum absolute atomic E-state index is 5.85. The maximum atomic E-state index is 5.85. The molecule has 0 amide bonds. The number of thiophene rings is 1. The Kier molecular flexibility index (Phi) is 3.00. The zero-order valence-corrected chi connectivity index (χ0v) is 9.84. The molecular weight excluding hydrogens is 216 g/mol. The molecule has 1 aromatic heterocycles. The summed E-state index contributed by atoms with van der Waals surface area (Å²) in [6.45, 7) is 2.17. The van der Waals surface area contributed by atoms with Crippen molar-refractivity contribution in [3.05, 3.63) is 16.5 Å². The van der Waals surface area contributed by atoms with Gasteiger partial charge in [-0.15, -0.1) is 11.3 Å². The lowest BCUT2D eigenvalue weighted by Gasteiger charge is -2.14. The molecule has 2 nitrogen and oxygen atoms in total. The highest BCUT2D eigenvalue weighted by atomic mass is 35.5. The van der Waals surface area contributed by atoms with E-state index in [0.29, 0.717) is 5.41 Å². The molecule has 1 aromatic rings. The first-order valence-corrected chi connectivity index (χ1v) is 6.07. The van der Waals surface area contributed by atoms with Crippen LogP contribution in [0.25, 0.3) is 0 Å². The molecule has 1 heterocycles. The lowest BCUT2D eigenvalue weighted by Crippen LogP contribution is -2.26. The minimum absolute atomic E-state index is 0.505. The molecular formula is C10H15ClN2S. The minimum Gasteiger partial charge on any atom is -0.376 e. The van der Waals surface area contributed by atoms with Gasteiger partial charge in [0.15, 0.2) is 0 Å². The molecule has 1 aliphatic rings. The van der Waals surface area contributed by atoms with E-state index in [4.69, 9.17) is 11.6 Å². The number of rotatable bonds is 5. The normalized spacial score (nSPS) is 18.1.